The summed E-state index contributed by atoms with van der Waals surface area (Å²) in [5.74, 6) is 1.79. The van der Waals surface area contributed by atoms with E-state index in [-0.39, 0.29) is 6.04 Å². The van der Waals surface area contributed by atoms with Gasteiger partial charge in [-0.2, -0.15) is 0 Å². The number of hydrogen-bond acceptors (Lipinski definition) is 2. The molecule has 0 radical (unpaired) electrons. The molecular formula is C15H29N3. The highest BCUT2D eigenvalue weighted by molar-refractivity contribution is 4.96. The van der Waals surface area contributed by atoms with E-state index in [1.165, 1.54) is 25.7 Å². The summed E-state index contributed by atoms with van der Waals surface area (Å²) in [5, 5.41) is 0. The van der Waals surface area contributed by atoms with Gasteiger partial charge in [0.25, 0.3) is 0 Å². The van der Waals surface area contributed by atoms with Crippen molar-refractivity contribution in [3.63, 3.8) is 0 Å². The minimum absolute atomic E-state index is 0.250. The van der Waals surface area contributed by atoms with E-state index in [9.17, 15) is 0 Å². The van der Waals surface area contributed by atoms with Crippen LogP contribution in [0.1, 0.15) is 58.7 Å². The van der Waals surface area contributed by atoms with Crippen molar-refractivity contribution in [3.8, 4) is 0 Å². The first kappa shape index (κ1) is 15.2. The highest BCUT2D eigenvalue weighted by atomic mass is 15.1. The predicted octanol–water partition coefficient (Wildman–Crippen LogP) is 3.38. The van der Waals surface area contributed by atoms with Crippen LogP contribution in [0.15, 0.2) is 12.4 Å². The number of aryl methyl sites for hydroxylation is 1. The van der Waals surface area contributed by atoms with Gasteiger partial charge in [-0.05, 0) is 18.8 Å². The summed E-state index contributed by atoms with van der Waals surface area (Å²) in [5.41, 5.74) is 6.37. The Bertz CT molecular complexity index is 319. The normalized spacial score (nSPS) is 14.7. The van der Waals surface area contributed by atoms with Gasteiger partial charge < -0.3 is 10.3 Å². The number of nitrogens with zero attached hydrogens (tertiary/aromatic N) is 2. The molecule has 0 aromatic carbocycles. The average Bonchev–Trinajstić information content (AvgIpc) is 2.78. The summed E-state index contributed by atoms with van der Waals surface area (Å²) in [4.78, 5) is 4.45. The Labute approximate surface area is 112 Å². The first-order chi connectivity index (χ1) is 8.72. The molecule has 0 bridgehead atoms. The fourth-order valence-electron chi connectivity index (χ4n) is 2.54. The summed E-state index contributed by atoms with van der Waals surface area (Å²) in [6.07, 6.45) is 11.0. The maximum Gasteiger partial charge on any atom is 0.110 e. The lowest BCUT2D eigenvalue weighted by Gasteiger charge is -2.22. The van der Waals surface area contributed by atoms with Gasteiger partial charge in [0.1, 0.15) is 5.82 Å². The molecule has 104 valence electrons. The fourth-order valence-corrected chi connectivity index (χ4v) is 2.54. The van der Waals surface area contributed by atoms with Crippen molar-refractivity contribution < 1.29 is 0 Å². The minimum Gasteiger partial charge on any atom is -0.335 e. The summed E-state index contributed by atoms with van der Waals surface area (Å²) in [6, 6.07) is 0.250. The van der Waals surface area contributed by atoms with Crippen LogP contribution in [0.5, 0.6) is 0 Å². The van der Waals surface area contributed by atoms with E-state index in [0.717, 1.165) is 25.2 Å². The number of imidazole rings is 1. The molecule has 0 saturated heterocycles. The topological polar surface area (TPSA) is 43.8 Å². The van der Waals surface area contributed by atoms with Gasteiger partial charge in [0, 0.05) is 31.4 Å². The summed E-state index contributed by atoms with van der Waals surface area (Å²) < 4.78 is 2.24. The number of hydrogen-bond donors (Lipinski definition) is 1. The standard InChI is InChI=1S/C15H29N3/c1-4-7-8-13(6-3)14(16)12-15-17-9-11-18(15)10-5-2/h9,11,13-14H,4-8,10,12,16H2,1-3H3. The molecular weight excluding hydrogens is 222 g/mol. The van der Waals surface area contributed by atoms with Crippen molar-refractivity contribution in [2.24, 2.45) is 11.7 Å². The van der Waals surface area contributed by atoms with Crippen LogP contribution in [0, 0.1) is 5.92 Å². The smallest absolute Gasteiger partial charge is 0.110 e. The van der Waals surface area contributed by atoms with Crippen LogP contribution in [-0.2, 0) is 13.0 Å². The fraction of sp³-hybridized carbons (Fsp3) is 0.800. The molecule has 1 rings (SSSR count). The lowest BCUT2D eigenvalue weighted by Crippen LogP contribution is -2.33. The summed E-state index contributed by atoms with van der Waals surface area (Å²) in [7, 11) is 0. The maximum atomic E-state index is 6.37. The molecule has 2 unspecified atom stereocenters. The van der Waals surface area contributed by atoms with E-state index in [4.69, 9.17) is 5.73 Å². The maximum absolute atomic E-state index is 6.37. The molecule has 0 spiro atoms. The van der Waals surface area contributed by atoms with Gasteiger partial charge in [0.2, 0.25) is 0 Å². The third-order valence-electron chi connectivity index (χ3n) is 3.74. The van der Waals surface area contributed by atoms with E-state index in [1.54, 1.807) is 0 Å². The quantitative estimate of drug-likeness (QED) is 0.731. The second-order valence-electron chi connectivity index (χ2n) is 5.22. The average molecular weight is 251 g/mol. The molecule has 2 N–H and O–H groups in total. The molecule has 2 atom stereocenters. The van der Waals surface area contributed by atoms with Crippen LogP contribution >= 0.6 is 0 Å². The van der Waals surface area contributed by atoms with Crippen LogP contribution in [-0.4, -0.2) is 15.6 Å². The molecule has 0 aliphatic carbocycles. The SMILES string of the molecule is CCCCC(CC)C(N)Cc1nccn1CCC. The summed E-state index contributed by atoms with van der Waals surface area (Å²) >= 11 is 0. The van der Waals surface area contributed by atoms with Crippen molar-refractivity contribution in [2.75, 3.05) is 0 Å². The Morgan fingerprint density at radius 3 is 2.67 bits per heavy atom. The lowest BCUT2D eigenvalue weighted by atomic mass is 9.90. The van der Waals surface area contributed by atoms with Gasteiger partial charge in [-0.25, -0.2) is 4.98 Å². The monoisotopic (exact) mass is 251 g/mol. The Kier molecular flexibility index (Phi) is 7.02. The zero-order valence-electron chi connectivity index (χ0n) is 12.2. The second kappa shape index (κ2) is 8.30. The summed E-state index contributed by atoms with van der Waals surface area (Å²) in [6.45, 7) is 7.73. The van der Waals surface area contributed by atoms with Crippen molar-refractivity contribution in [1.82, 2.24) is 9.55 Å². The molecule has 3 nitrogen and oxygen atoms in total. The van der Waals surface area contributed by atoms with Crippen LogP contribution in [0.25, 0.3) is 0 Å². The molecule has 18 heavy (non-hydrogen) atoms. The first-order valence-corrected chi connectivity index (χ1v) is 7.48. The number of rotatable bonds is 9. The van der Waals surface area contributed by atoms with Gasteiger partial charge in [0.05, 0.1) is 0 Å². The van der Waals surface area contributed by atoms with Gasteiger partial charge in [0.15, 0.2) is 0 Å². The van der Waals surface area contributed by atoms with Crippen molar-refractivity contribution in [3.05, 3.63) is 18.2 Å². The second-order valence-corrected chi connectivity index (χ2v) is 5.22. The van der Waals surface area contributed by atoms with E-state index in [0.29, 0.717) is 5.92 Å². The van der Waals surface area contributed by atoms with Crippen LogP contribution in [0.2, 0.25) is 0 Å². The van der Waals surface area contributed by atoms with Gasteiger partial charge in [-0.1, -0.05) is 40.0 Å². The molecule has 0 amide bonds. The third kappa shape index (κ3) is 4.45. The zero-order chi connectivity index (χ0) is 13.4. The lowest BCUT2D eigenvalue weighted by molar-refractivity contribution is 0.361. The van der Waals surface area contributed by atoms with Crippen LogP contribution in [0.4, 0.5) is 0 Å². The van der Waals surface area contributed by atoms with E-state index >= 15 is 0 Å². The van der Waals surface area contributed by atoms with E-state index in [2.05, 4.69) is 36.5 Å². The Morgan fingerprint density at radius 2 is 2.06 bits per heavy atom. The van der Waals surface area contributed by atoms with Crippen molar-refractivity contribution in [1.29, 1.82) is 0 Å². The number of aromatic nitrogens is 2. The van der Waals surface area contributed by atoms with Gasteiger partial charge in [-0.3, -0.25) is 0 Å². The largest absolute Gasteiger partial charge is 0.335 e. The highest BCUT2D eigenvalue weighted by Crippen LogP contribution is 2.18. The Morgan fingerprint density at radius 1 is 1.28 bits per heavy atom. The molecule has 0 aliphatic heterocycles. The number of nitrogens with two attached hydrogens (primary N) is 1. The van der Waals surface area contributed by atoms with Gasteiger partial charge in [-0.15, -0.1) is 0 Å². The van der Waals surface area contributed by atoms with E-state index in [1.807, 2.05) is 6.20 Å². The third-order valence-corrected chi connectivity index (χ3v) is 3.74. The first-order valence-electron chi connectivity index (χ1n) is 7.48. The van der Waals surface area contributed by atoms with Crippen molar-refractivity contribution in [2.45, 2.75) is 71.9 Å². The molecule has 0 fully saturated rings. The van der Waals surface area contributed by atoms with Crippen LogP contribution in [0.3, 0.4) is 0 Å². The molecule has 0 saturated carbocycles. The predicted molar refractivity (Wildman–Crippen MR) is 77.5 cm³/mol. The van der Waals surface area contributed by atoms with Crippen molar-refractivity contribution >= 4 is 0 Å². The minimum atomic E-state index is 0.250. The zero-order valence-corrected chi connectivity index (χ0v) is 12.2. The Balaban J connectivity index is 2.55. The molecule has 3 heteroatoms. The molecule has 0 aliphatic rings. The molecule has 1 aromatic rings. The number of unbranched alkanes of at least 4 members (excludes halogenated alkanes) is 1. The molecule has 1 heterocycles. The van der Waals surface area contributed by atoms with Gasteiger partial charge >= 0.3 is 0 Å². The van der Waals surface area contributed by atoms with Crippen LogP contribution < -0.4 is 5.73 Å². The molecule has 1 aromatic heterocycles. The Hall–Kier alpha value is -0.830. The van der Waals surface area contributed by atoms with E-state index < -0.39 is 0 Å². The highest BCUT2D eigenvalue weighted by Gasteiger charge is 2.17.